The lowest BCUT2D eigenvalue weighted by atomic mass is 9.89. The van der Waals surface area contributed by atoms with Crippen LogP contribution >= 0.6 is 0 Å². The minimum Gasteiger partial charge on any atom is -0.379 e. The van der Waals surface area contributed by atoms with Gasteiger partial charge in [0.2, 0.25) is 35.4 Å². The van der Waals surface area contributed by atoms with E-state index < -0.39 is 42.4 Å². The molecule has 1 heterocycles. The monoisotopic (exact) mass is 963 g/mol. The molecule has 16 heteroatoms. The van der Waals surface area contributed by atoms with Gasteiger partial charge in [-0.3, -0.25) is 33.7 Å². The smallest absolute Gasteiger partial charge is 0.245 e. The first-order chi connectivity index (χ1) is 32.9. The van der Waals surface area contributed by atoms with Crippen LogP contribution in [0.2, 0.25) is 0 Å². The van der Waals surface area contributed by atoms with E-state index in [9.17, 15) is 28.8 Å². The Balaban J connectivity index is 1.69. The van der Waals surface area contributed by atoms with Gasteiger partial charge in [0.1, 0.15) is 12.1 Å². The second-order valence-corrected chi connectivity index (χ2v) is 19.7. The number of methoxy groups -OCH3 is 2. The van der Waals surface area contributed by atoms with E-state index in [-0.39, 0.29) is 72.5 Å². The zero-order valence-electron chi connectivity index (χ0n) is 43.6. The third-order valence-electron chi connectivity index (χ3n) is 13.5. The number of hydrogen-bond donors (Lipinski definition) is 5. The summed E-state index contributed by atoms with van der Waals surface area (Å²) in [4.78, 5) is 87.5. The number of carbonyl (C=O) groups is 6. The van der Waals surface area contributed by atoms with E-state index in [0.29, 0.717) is 51.0 Å². The van der Waals surface area contributed by atoms with Crippen LogP contribution in [0.25, 0.3) is 0 Å². The molecular weight excluding hydrogens is 877 g/mol. The summed E-state index contributed by atoms with van der Waals surface area (Å²) in [5.74, 6) is -1.59. The highest BCUT2D eigenvalue weighted by Crippen LogP contribution is 2.28. The number of amides is 6. The number of likely N-dealkylation sites (N-methyl/N-ethyl adjacent to an activating group) is 2. The second-order valence-electron chi connectivity index (χ2n) is 19.7. The summed E-state index contributed by atoms with van der Waals surface area (Å²) in [7, 11) is 8.51. The first-order valence-corrected chi connectivity index (χ1v) is 25.1. The van der Waals surface area contributed by atoms with Crippen molar-refractivity contribution in [1.29, 1.82) is 0 Å². The SMILES string of the molecule is CCC(C)C(C(CC(=O)N1CCC[C@H]1C(CC(=O)N[C@@H](Cc1ccccc1)C(=O)NCCc1ccc(NC(=O)CCCCCN)cc1)OC)OC)N(C)C(=O)[C@@H](NC(=O)[C@H](C(C)C)N(C)C)C(C)C. The largest absolute Gasteiger partial charge is 0.379 e. The minimum atomic E-state index is -0.867. The van der Waals surface area contributed by atoms with Crippen molar-refractivity contribution in [1.82, 2.24) is 30.7 Å². The van der Waals surface area contributed by atoms with Gasteiger partial charge in [-0.15, -0.1) is 0 Å². The molecule has 0 radical (unpaired) electrons. The number of likely N-dealkylation sites (tertiary alicyclic amines) is 1. The van der Waals surface area contributed by atoms with Crippen molar-refractivity contribution in [3.8, 4) is 0 Å². The summed E-state index contributed by atoms with van der Waals surface area (Å²) in [6.07, 6.45) is 4.54. The van der Waals surface area contributed by atoms with Crippen LogP contribution in [0.3, 0.4) is 0 Å². The minimum absolute atomic E-state index is 0.00693. The van der Waals surface area contributed by atoms with E-state index in [1.54, 1.807) is 24.0 Å². The maximum atomic E-state index is 14.4. The molecule has 386 valence electrons. The van der Waals surface area contributed by atoms with Crippen molar-refractivity contribution >= 4 is 41.1 Å². The predicted molar refractivity (Wildman–Crippen MR) is 272 cm³/mol. The van der Waals surface area contributed by atoms with E-state index in [1.807, 2.05) is 115 Å². The molecule has 16 nitrogen and oxygen atoms in total. The lowest BCUT2D eigenvalue weighted by molar-refractivity contribution is -0.147. The van der Waals surface area contributed by atoms with Crippen molar-refractivity contribution in [2.45, 2.75) is 155 Å². The average molecular weight is 963 g/mol. The van der Waals surface area contributed by atoms with Crippen molar-refractivity contribution in [3.05, 3.63) is 65.7 Å². The zero-order chi connectivity index (χ0) is 51.2. The van der Waals surface area contributed by atoms with Crippen LogP contribution in [0.15, 0.2) is 54.6 Å². The second kappa shape index (κ2) is 30.0. The van der Waals surface area contributed by atoms with Crippen LogP contribution in [0, 0.1) is 17.8 Å². The molecule has 8 atom stereocenters. The number of benzene rings is 2. The number of carbonyl (C=O) groups excluding carboxylic acids is 6. The van der Waals surface area contributed by atoms with Crippen molar-refractivity contribution in [3.63, 3.8) is 0 Å². The predicted octanol–water partition coefficient (Wildman–Crippen LogP) is 4.93. The molecule has 2 aromatic rings. The Morgan fingerprint density at radius 1 is 0.797 bits per heavy atom. The molecule has 0 spiro atoms. The molecule has 1 saturated heterocycles. The average Bonchev–Trinajstić information content (AvgIpc) is 3.81. The molecule has 6 amide bonds. The Bertz CT molecular complexity index is 1890. The van der Waals surface area contributed by atoms with Gasteiger partial charge in [0.25, 0.3) is 0 Å². The molecule has 0 aliphatic carbocycles. The fraction of sp³-hybridized carbons (Fsp3) is 0.660. The number of unbranched alkanes of at least 4 members (excludes halogenated alkanes) is 2. The van der Waals surface area contributed by atoms with Gasteiger partial charge >= 0.3 is 0 Å². The van der Waals surface area contributed by atoms with Crippen LogP contribution in [0.1, 0.15) is 110 Å². The van der Waals surface area contributed by atoms with Gasteiger partial charge < -0.3 is 46.3 Å². The van der Waals surface area contributed by atoms with Crippen LogP contribution in [0.5, 0.6) is 0 Å². The van der Waals surface area contributed by atoms with Crippen LogP contribution < -0.4 is 27.0 Å². The summed E-state index contributed by atoms with van der Waals surface area (Å²) >= 11 is 0. The fourth-order valence-electron chi connectivity index (χ4n) is 9.52. The Hall–Kier alpha value is -4.90. The van der Waals surface area contributed by atoms with Crippen molar-refractivity contribution in [2.24, 2.45) is 23.5 Å². The van der Waals surface area contributed by atoms with Crippen LogP contribution in [-0.2, 0) is 51.1 Å². The van der Waals surface area contributed by atoms with Gasteiger partial charge in [-0.25, -0.2) is 0 Å². The summed E-state index contributed by atoms with van der Waals surface area (Å²) in [6.45, 7) is 13.3. The third kappa shape index (κ3) is 18.4. The number of ether oxygens (including phenoxy) is 2. The number of nitrogens with one attached hydrogen (secondary N) is 4. The third-order valence-corrected chi connectivity index (χ3v) is 13.5. The molecule has 4 unspecified atom stereocenters. The van der Waals surface area contributed by atoms with Gasteiger partial charge in [0.15, 0.2) is 0 Å². The Kier molecular flexibility index (Phi) is 25.4. The molecule has 3 rings (SSSR count). The summed E-state index contributed by atoms with van der Waals surface area (Å²) in [6, 6.07) is 14.1. The summed E-state index contributed by atoms with van der Waals surface area (Å²) < 4.78 is 12.0. The first-order valence-electron chi connectivity index (χ1n) is 25.1. The van der Waals surface area contributed by atoms with Gasteiger partial charge in [-0.2, -0.15) is 0 Å². The number of nitrogens with two attached hydrogens (primary N) is 1. The van der Waals surface area contributed by atoms with E-state index in [2.05, 4.69) is 21.3 Å². The lowest BCUT2D eigenvalue weighted by Crippen LogP contribution is -2.59. The molecule has 1 aliphatic heterocycles. The fourth-order valence-corrected chi connectivity index (χ4v) is 9.52. The summed E-state index contributed by atoms with van der Waals surface area (Å²) in [5.41, 5.74) is 8.12. The van der Waals surface area contributed by atoms with E-state index in [4.69, 9.17) is 15.2 Å². The number of rotatable bonds is 30. The van der Waals surface area contributed by atoms with Gasteiger partial charge in [0, 0.05) is 52.9 Å². The van der Waals surface area contributed by atoms with Gasteiger partial charge in [-0.1, -0.05) is 96.8 Å². The molecule has 6 N–H and O–H groups in total. The van der Waals surface area contributed by atoms with E-state index in [0.717, 1.165) is 36.8 Å². The first kappa shape index (κ1) is 58.4. The van der Waals surface area contributed by atoms with Crippen molar-refractivity contribution < 1.29 is 38.2 Å². The molecule has 0 bridgehead atoms. The highest BCUT2D eigenvalue weighted by Gasteiger charge is 2.42. The van der Waals surface area contributed by atoms with E-state index in [1.165, 1.54) is 7.11 Å². The van der Waals surface area contributed by atoms with Gasteiger partial charge in [-0.05, 0) is 93.8 Å². The molecule has 69 heavy (non-hydrogen) atoms. The number of nitrogens with zero attached hydrogens (tertiary/aromatic N) is 3. The Morgan fingerprint density at radius 3 is 2.06 bits per heavy atom. The van der Waals surface area contributed by atoms with Crippen LogP contribution in [0.4, 0.5) is 5.69 Å². The molecular formula is C53H86N8O8. The van der Waals surface area contributed by atoms with Gasteiger partial charge in [0.05, 0.1) is 43.2 Å². The summed E-state index contributed by atoms with van der Waals surface area (Å²) in [5, 5.41) is 11.9. The molecule has 0 saturated carbocycles. The standard InChI is InChI=1S/C53H86N8O8/c1-12-37(6)50(60(9)53(67)48(35(2)3)58-52(66)49(36(4)5)59(7)8)44(69-11)34-47(64)61-31-19-22-42(61)43(68-10)33-46(63)57-41(32-39-20-15-13-16-21-39)51(65)55-30-28-38-24-26-40(27-25-38)56-45(62)23-17-14-18-29-54/h13,15-16,20-21,24-27,35-37,41-44,48-50H,12,14,17-19,22-23,28-34,54H2,1-11H3,(H,55,65)(H,56,62)(H,57,63)(H,58,66)/t37?,41-,42-,43?,44?,48-,49-,50?/m0/s1. The molecule has 1 aliphatic rings. The zero-order valence-corrected chi connectivity index (χ0v) is 43.6. The number of anilines is 1. The van der Waals surface area contributed by atoms with Crippen LogP contribution in [-0.4, -0.2) is 148 Å². The molecule has 1 fully saturated rings. The van der Waals surface area contributed by atoms with Crippen molar-refractivity contribution in [2.75, 3.05) is 60.3 Å². The Morgan fingerprint density at radius 2 is 1.48 bits per heavy atom. The lowest BCUT2D eigenvalue weighted by Gasteiger charge is -2.41. The topological polar surface area (TPSA) is 205 Å². The normalized spacial score (nSPS) is 16.9. The molecule has 0 aromatic heterocycles. The van der Waals surface area contributed by atoms with E-state index >= 15 is 0 Å². The number of hydrogen-bond acceptors (Lipinski definition) is 10. The molecule has 2 aromatic carbocycles. The Labute approximate surface area is 412 Å². The highest BCUT2D eigenvalue weighted by molar-refractivity contribution is 5.91. The highest BCUT2D eigenvalue weighted by atomic mass is 16.5. The maximum Gasteiger partial charge on any atom is 0.245 e. The maximum absolute atomic E-state index is 14.4. The quantitative estimate of drug-likeness (QED) is 0.0668.